The van der Waals surface area contributed by atoms with Crippen LogP contribution < -0.4 is 5.32 Å². The van der Waals surface area contributed by atoms with Gasteiger partial charge in [0.05, 0.1) is 17.1 Å². The summed E-state index contributed by atoms with van der Waals surface area (Å²) in [6.45, 7) is 0. The van der Waals surface area contributed by atoms with E-state index in [1.807, 2.05) is 0 Å². The molecule has 0 aromatic heterocycles. The Balaban J connectivity index is 2.11. The van der Waals surface area contributed by atoms with Crippen molar-refractivity contribution in [2.24, 2.45) is 0 Å². The maximum absolute atomic E-state index is 13.4. The average molecular weight is 298 g/mol. The summed E-state index contributed by atoms with van der Waals surface area (Å²) >= 11 is 5.82. The average Bonchev–Trinajstić information content (AvgIpc) is 2.38. The topological polar surface area (TPSA) is 49.3 Å². The molecular weight excluding hydrogens is 288 g/mol. The molecular formula is C14H10ClF2NO2. The number of phenols is 1. The first kappa shape index (κ1) is 14.3. The molecule has 0 aliphatic heterocycles. The summed E-state index contributed by atoms with van der Waals surface area (Å²) in [4.78, 5) is 11.8. The van der Waals surface area contributed by atoms with Crippen molar-refractivity contribution in [2.45, 2.75) is 6.42 Å². The Labute approximate surface area is 118 Å². The Morgan fingerprint density at radius 3 is 2.70 bits per heavy atom. The SMILES string of the molecule is O=C(Cc1cccc(F)c1F)Nc1ccc(O)cc1Cl. The molecule has 0 saturated carbocycles. The maximum Gasteiger partial charge on any atom is 0.228 e. The van der Waals surface area contributed by atoms with Gasteiger partial charge < -0.3 is 10.4 Å². The molecule has 0 aliphatic rings. The van der Waals surface area contributed by atoms with Crippen LogP contribution >= 0.6 is 11.6 Å². The molecule has 6 heteroatoms. The smallest absolute Gasteiger partial charge is 0.228 e. The second-order valence-electron chi connectivity index (χ2n) is 4.10. The third-order valence-electron chi connectivity index (χ3n) is 2.61. The first-order valence-corrected chi connectivity index (χ1v) is 6.06. The van der Waals surface area contributed by atoms with Crippen molar-refractivity contribution in [1.82, 2.24) is 0 Å². The molecule has 0 radical (unpaired) electrons. The van der Waals surface area contributed by atoms with Gasteiger partial charge in [0.1, 0.15) is 5.75 Å². The lowest BCUT2D eigenvalue weighted by Crippen LogP contribution is -2.15. The molecule has 20 heavy (non-hydrogen) atoms. The molecule has 2 aromatic carbocycles. The monoisotopic (exact) mass is 297 g/mol. The third kappa shape index (κ3) is 3.24. The van der Waals surface area contributed by atoms with Crippen molar-refractivity contribution in [2.75, 3.05) is 5.32 Å². The number of hydrogen-bond acceptors (Lipinski definition) is 2. The highest BCUT2D eigenvalue weighted by Crippen LogP contribution is 2.26. The minimum atomic E-state index is -1.04. The first-order chi connectivity index (χ1) is 9.47. The highest BCUT2D eigenvalue weighted by molar-refractivity contribution is 6.33. The molecule has 0 aliphatic carbocycles. The Hall–Kier alpha value is -2.14. The van der Waals surface area contributed by atoms with Crippen LogP contribution in [0.4, 0.5) is 14.5 Å². The fraction of sp³-hybridized carbons (Fsp3) is 0.0714. The van der Waals surface area contributed by atoms with Crippen molar-refractivity contribution in [3.05, 3.63) is 58.6 Å². The van der Waals surface area contributed by atoms with Gasteiger partial charge in [-0.05, 0) is 18.2 Å². The van der Waals surface area contributed by atoms with Crippen molar-refractivity contribution in [1.29, 1.82) is 0 Å². The molecule has 0 unspecified atom stereocenters. The van der Waals surface area contributed by atoms with Crippen molar-refractivity contribution in [3.8, 4) is 5.75 Å². The first-order valence-electron chi connectivity index (χ1n) is 5.68. The van der Waals surface area contributed by atoms with Crippen LogP contribution in [-0.2, 0) is 11.2 Å². The molecule has 0 heterocycles. The molecule has 0 atom stereocenters. The zero-order valence-electron chi connectivity index (χ0n) is 10.2. The number of phenolic OH excluding ortho intramolecular Hbond substituents is 1. The van der Waals surface area contributed by atoms with Crippen LogP contribution in [0.15, 0.2) is 36.4 Å². The van der Waals surface area contributed by atoms with Crippen molar-refractivity contribution >= 4 is 23.2 Å². The van der Waals surface area contributed by atoms with Crippen LogP contribution in [0, 0.1) is 11.6 Å². The van der Waals surface area contributed by atoms with Crippen LogP contribution in [0.25, 0.3) is 0 Å². The van der Waals surface area contributed by atoms with Crippen LogP contribution in [0.5, 0.6) is 5.75 Å². The van der Waals surface area contributed by atoms with Gasteiger partial charge >= 0.3 is 0 Å². The van der Waals surface area contributed by atoms with Crippen LogP contribution in [0.3, 0.4) is 0 Å². The summed E-state index contributed by atoms with van der Waals surface area (Å²) in [5.74, 6) is -2.62. The maximum atomic E-state index is 13.4. The minimum Gasteiger partial charge on any atom is -0.508 e. The molecule has 2 N–H and O–H groups in total. The minimum absolute atomic E-state index is 0.0378. The number of carbonyl (C=O) groups excluding carboxylic acids is 1. The van der Waals surface area contributed by atoms with E-state index >= 15 is 0 Å². The van der Waals surface area contributed by atoms with Crippen molar-refractivity contribution in [3.63, 3.8) is 0 Å². The van der Waals surface area contributed by atoms with E-state index in [-0.39, 0.29) is 28.4 Å². The molecule has 104 valence electrons. The number of halogens is 3. The fourth-order valence-corrected chi connectivity index (χ4v) is 1.88. The van der Waals surface area contributed by atoms with Gasteiger partial charge in [0.2, 0.25) is 5.91 Å². The van der Waals surface area contributed by atoms with E-state index in [2.05, 4.69) is 5.32 Å². The summed E-state index contributed by atoms with van der Waals surface area (Å²) < 4.78 is 26.4. The van der Waals surface area contributed by atoms with Crippen LogP contribution in [0.1, 0.15) is 5.56 Å². The van der Waals surface area contributed by atoms with E-state index in [9.17, 15) is 18.7 Å². The van der Waals surface area contributed by atoms with E-state index in [1.165, 1.54) is 30.3 Å². The van der Waals surface area contributed by atoms with E-state index in [4.69, 9.17) is 11.6 Å². The normalized spacial score (nSPS) is 10.3. The van der Waals surface area contributed by atoms with Gasteiger partial charge in [-0.15, -0.1) is 0 Å². The van der Waals surface area contributed by atoms with Gasteiger partial charge in [0.15, 0.2) is 11.6 Å². The lowest BCUT2D eigenvalue weighted by Gasteiger charge is -2.08. The van der Waals surface area contributed by atoms with Gasteiger partial charge in [0.25, 0.3) is 0 Å². The molecule has 2 rings (SSSR count). The molecule has 1 amide bonds. The predicted molar refractivity (Wildman–Crippen MR) is 71.8 cm³/mol. The summed E-state index contributed by atoms with van der Waals surface area (Å²) in [5, 5.41) is 11.8. The molecule has 0 bridgehead atoms. The van der Waals surface area contributed by atoms with E-state index in [0.717, 1.165) is 6.07 Å². The number of hydrogen-bond donors (Lipinski definition) is 2. The number of aromatic hydroxyl groups is 1. The second-order valence-corrected chi connectivity index (χ2v) is 4.51. The zero-order valence-corrected chi connectivity index (χ0v) is 10.9. The van der Waals surface area contributed by atoms with Crippen LogP contribution in [-0.4, -0.2) is 11.0 Å². The zero-order chi connectivity index (χ0) is 14.7. The quantitative estimate of drug-likeness (QED) is 0.852. The molecule has 3 nitrogen and oxygen atoms in total. The Kier molecular flexibility index (Phi) is 4.20. The third-order valence-corrected chi connectivity index (χ3v) is 2.92. The lowest BCUT2D eigenvalue weighted by molar-refractivity contribution is -0.115. The largest absolute Gasteiger partial charge is 0.508 e. The number of benzene rings is 2. The highest BCUT2D eigenvalue weighted by atomic mass is 35.5. The van der Waals surface area contributed by atoms with Gasteiger partial charge in [-0.2, -0.15) is 0 Å². The number of rotatable bonds is 3. The Morgan fingerprint density at radius 2 is 2.00 bits per heavy atom. The Morgan fingerprint density at radius 1 is 1.25 bits per heavy atom. The molecule has 2 aromatic rings. The standard InChI is InChI=1S/C14H10ClF2NO2/c15-10-7-9(19)4-5-12(10)18-13(20)6-8-2-1-3-11(16)14(8)17/h1-5,7,19H,6H2,(H,18,20). The van der Waals surface area contributed by atoms with E-state index < -0.39 is 17.5 Å². The molecule has 0 saturated heterocycles. The summed E-state index contributed by atoms with van der Waals surface area (Å²) in [6, 6.07) is 7.67. The Bertz CT molecular complexity index is 662. The van der Waals surface area contributed by atoms with Crippen LogP contribution in [0.2, 0.25) is 5.02 Å². The number of amides is 1. The molecule has 0 spiro atoms. The van der Waals surface area contributed by atoms with Gasteiger partial charge in [-0.3, -0.25) is 4.79 Å². The summed E-state index contributed by atoms with van der Waals surface area (Å²) in [7, 11) is 0. The summed E-state index contributed by atoms with van der Waals surface area (Å²) in [5.41, 5.74) is 0.240. The predicted octanol–water partition coefficient (Wildman–Crippen LogP) is 3.51. The number of carbonyl (C=O) groups is 1. The van der Waals surface area contributed by atoms with E-state index in [1.54, 1.807) is 0 Å². The fourth-order valence-electron chi connectivity index (χ4n) is 1.66. The van der Waals surface area contributed by atoms with Crippen molar-refractivity contribution < 1.29 is 18.7 Å². The van der Waals surface area contributed by atoms with Gasteiger partial charge in [0, 0.05) is 11.6 Å². The summed E-state index contributed by atoms with van der Waals surface area (Å²) in [6.07, 6.45) is -0.319. The lowest BCUT2D eigenvalue weighted by atomic mass is 10.1. The number of nitrogens with one attached hydrogen (secondary N) is 1. The highest BCUT2D eigenvalue weighted by Gasteiger charge is 2.13. The number of anilines is 1. The van der Waals surface area contributed by atoms with E-state index in [0.29, 0.717) is 0 Å². The van der Waals surface area contributed by atoms with Gasteiger partial charge in [-0.25, -0.2) is 8.78 Å². The molecule has 0 fully saturated rings. The van der Waals surface area contributed by atoms with Gasteiger partial charge in [-0.1, -0.05) is 23.7 Å². The second kappa shape index (κ2) is 5.88.